The van der Waals surface area contributed by atoms with Gasteiger partial charge in [0.25, 0.3) is 5.91 Å². The zero-order valence-electron chi connectivity index (χ0n) is 16.5. The number of amides is 1. The molecular formula is C22H28NO4P. The summed E-state index contributed by atoms with van der Waals surface area (Å²) in [6.07, 6.45) is 1.75. The lowest BCUT2D eigenvalue weighted by atomic mass is 10.0. The first kappa shape index (κ1) is 20.8. The van der Waals surface area contributed by atoms with Gasteiger partial charge in [0.05, 0.1) is 25.4 Å². The Morgan fingerprint density at radius 1 is 0.964 bits per heavy atom. The third-order valence-electron chi connectivity index (χ3n) is 4.94. The molecule has 1 unspecified atom stereocenters. The van der Waals surface area contributed by atoms with Gasteiger partial charge in [-0.2, -0.15) is 0 Å². The Hall–Kier alpha value is -1.94. The minimum Gasteiger partial charge on any atom is -0.327 e. The lowest BCUT2D eigenvalue weighted by Crippen LogP contribution is -2.27. The summed E-state index contributed by atoms with van der Waals surface area (Å²) in [7, 11) is -3.07. The number of carbonyl (C=O) groups is 1. The predicted octanol–water partition coefficient (Wildman–Crippen LogP) is 5.43. The summed E-state index contributed by atoms with van der Waals surface area (Å²) in [4.78, 5) is 14.9. The molecule has 0 spiro atoms. The first-order chi connectivity index (χ1) is 13.6. The van der Waals surface area contributed by atoms with Gasteiger partial charge in [-0.05, 0) is 43.9 Å². The maximum Gasteiger partial charge on any atom is 0.330 e. The molecule has 0 N–H and O–H groups in total. The molecule has 1 atom stereocenters. The molecule has 5 nitrogen and oxygen atoms in total. The summed E-state index contributed by atoms with van der Waals surface area (Å²) in [5.41, 5.74) is 2.91. The monoisotopic (exact) mass is 401 g/mol. The van der Waals surface area contributed by atoms with E-state index < -0.39 is 7.60 Å². The topological polar surface area (TPSA) is 55.8 Å². The molecule has 6 heteroatoms. The molecule has 1 amide bonds. The van der Waals surface area contributed by atoms with Crippen LogP contribution >= 0.6 is 7.60 Å². The normalized spacial score (nSPS) is 16.4. The van der Waals surface area contributed by atoms with Crippen molar-refractivity contribution in [3.63, 3.8) is 0 Å². The Morgan fingerprint density at radius 2 is 1.61 bits per heavy atom. The van der Waals surface area contributed by atoms with Crippen molar-refractivity contribution >= 4 is 13.5 Å². The summed E-state index contributed by atoms with van der Waals surface area (Å²) in [6.45, 7) is 4.93. The van der Waals surface area contributed by atoms with Crippen LogP contribution in [0.25, 0.3) is 0 Å². The Balaban J connectivity index is 1.75. The third kappa shape index (κ3) is 4.72. The van der Waals surface area contributed by atoms with Gasteiger partial charge in [-0.25, -0.2) is 0 Å². The summed E-state index contributed by atoms with van der Waals surface area (Å²) >= 11 is 0. The van der Waals surface area contributed by atoms with Crippen LogP contribution in [0.1, 0.15) is 54.2 Å². The van der Waals surface area contributed by atoms with Crippen molar-refractivity contribution < 1.29 is 18.4 Å². The maximum absolute atomic E-state index is 13.0. The summed E-state index contributed by atoms with van der Waals surface area (Å²) in [5.74, 6) is 0.0576. The van der Waals surface area contributed by atoms with Gasteiger partial charge in [0.2, 0.25) is 0 Å². The molecule has 2 aromatic carbocycles. The molecule has 0 aromatic heterocycles. The number of hydrogen-bond donors (Lipinski definition) is 0. The van der Waals surface area contributed by atoms with E-state index in [0.717, 1.165) is 23.1 Å². The van der Waals surface area contributed by atoms with Crippen LogP contribution in [-0.4, -0.2) is 30.2 Å². The number of benzene rings is 2. The van der Waals surface area contributed by atoms with E-state index in [1.807, 2.05) is 73.3 Å². The molecule has 3 rings (SSSR count). The lowest BCUT2D eigenvalue weighted by Gasteiger charge is -2.26. The van der Waals surface area contributed by atoms with E-state index in [1.165, 1.54) is 0 Å². The number of hydrogen-bond acceptors (Lipinski definition) is 4. The molecule has 1 aliphatic rings. The Kier molecular flexibility index (Phi) is 7.06. The Morgan fingerprint density at radius 3 is 2.29 bits per heavy atom. The van der Waals surface area contributed by atoms with Crippen molar-refractivity contribution in [2.45, 2.75) is 39.3 Å². The molecule has 1 heterocycles. The average molecular weight is 401 g/mol. The molecule has 28 heavy (non-hydrogen) atoms. The zero-order chi connectivity index (χ0) is 20.0. The van der Waals surface area contributed by atoms with E-state index in [-0.39, 0.29) is 11.9 Å². The number of nitrogens with zero attached hydrogens (tertiary/aromatic N) is 1. The van der Waals surface area contributed by atoms with Gasteiger partial charge in [0, 0.05) is 12.1 Å². The average Bonchev–Trinajstić information content (AvgIpc) is 2.95. The fraction of sp³-hybridized carbons (Fsp3) is 0.409. The molecule has 0 fully saturated rings. The lowest BCUT2D eigenvalue weighted by molar-refractivity contribution is 0.0701. The molecule has 2 aromatic rings. The maximum atomic E-state index is 13.0. The SMILES string of the molecule is CCOP(=O)(CCCC1c2ccccc2C(=O)N1Cc1ccccc1)OCC. The Labute approximate surface area is 167 Å². The summed E-state index contributed by atoms with van der Waals surface area (Å²) in [5, 5.41) is 0. The molecular weight excluding hydrogens is 373 g/mol. The largest absolute Gasteiger partial charge is 0.330 e. The standard InChI is InChI=1S/C22H28NO4P/c1-3-26-28(25,27-4-2)16-10-15-21-19-13-8-9-14-20(19)22(24)23(21)17-18-11-6-5-7-12-18/h5-9,11-14,21H,3-4,10,15-17H2,1-2H3. The van der Waals surface area contributed by atoms with Gasteiger partial charge in [-0.1, -0.05) is 48.5 Å². The minimum absolute atomic E-state index is 0.0272. The van der Waals surface area contributed by atoms with E-state index >= 15 is 0 Å². The van der Waals surface area contributed by atoms with Crippen LogP contribution in [0.3, 0.4) is 0 Å². The highest BCUT2D eigenvalue weighted by atomic mass is 31.2. The van der Waals surface area contributed by atoms with Gasteiger partial charge >= 0.3 is 7.60 Å². The molecule has 0 aliphatic carbocycles. The molecule has 0 saturated heterocycles. The van der Waals surface area contributed by atoms with Crippen molar-refractivity contribution in [1.82, 2.24) is 4.90 Å². The second-order valence-corrected chi connectivity index (χ2v) is 9.02. The zero-order valence-corrected chi connectivity index (χ0v) is 17.4. The highest BCUT2D eigenvalue weighted by Crippen LogP contribution is 2.49. The van der Waals surface area contributed by atoms with E-state index in [2.05, 4.69) is 0 Å². The van der Waals surface area contributed by atoms with Crippen molar-refractivity contribution in [3.8, 4) is 0 Å². The second kappa shape index (κ2) is 9.51. The van der Waals surface area contributed by atoms with Gasteiger partial charge in [0.15, 0.2) is 0 Å². The van der Waals surface area contributed by atoms with E-state index in [0.29, 0.717) is 32.3 Å². The Bertz CT molecular complexity index is 829. The van der Waals surface area contributed by atoms with E-state index in [1.54, 1.807) is 0 Å². The van der Waals surface area contributed by atoms with Gasteiger partial charge < -0.3 is 13.9 Å². The fourth-order valence-electron chi connectivity index (χ4n) is 3.76. The first-order valence-electron chi connectivity index (χ1n) is 9.90. The quantitative estimate of drug-likeness (QED) is 0.498. The highest BCUT2D eigenvalue weighted by Gasteiger charge is 2.36. The molecule has 0 radical (unpaired) electrons. The molecule has 0 saturated carbocycles. The van der Waals surface area contributed by atoms with Crippen LogP contribution in [-0.2, 0) is 20.2 Å². The molecule has 150 valence electrons. The van der Waals surface area contributed by atoms with Crippen molar-refractivity contribution in [3.05, 3.63) is 71.3 Å². The summed E-state index contributed by atoms with van der Waals surface area (Å²) in [6, 6.07) is 17.8. The fourth-order valence-corrected chi connectivity index (χ4v) is 5.45. The van der Waals surface area contributed by atoms with Crippen molar-refractivity contribution in [2.75, 3.05) is 19.4 Å². The van der Waals surface area contributed by atoms with Crippen LogP contribution in [0.5, 0.6) is 0 Å². The highest BCUT2D eigenvalue weighted by molar-refractivity contribution is 7.53. The predicted molar refractivity (Wildman–Crippen MR) is 110 cm³/mol. The van der Waals surface area contributed by atoms with Gasteiger partial charge in [-0.15, -0.1) is 0 Å². The number of fused-ring (bicyclic) bond motifs is 1. The minimum atomic E-state index is -3.07. The molecule has 0 bridgehead atoms. The smallest absolute Gasteiger partial charge is 0.327 e. The number of carbonyl (C=O) groups excluding carboxylic acids is 1. The van der Waals surface area contributed by atoms with Gasteiger partial charge in [-0.3, -0.25) is 9.36 Å². The first-order valence-corrected chi connectivity index (χ1v) is 11.6. The van der Waals surface area contributed by atoms with Crippen LogP contribution < -0.4 is 0 Å². The number of rotatable bonds is 10. The van der Waals surface area contributed by atoms with Crippen LogP contribution in [0.15, 0.2) is 54.6 Å². The van der Waals surface area contributed by atoms with Crippen LogP contribution in [0.2, 0.25) is 0 Å². The van der Waals surface area contributed by atoms with E-state index in [9.17, 15) is 9.36 Å². The van der Waals surface area contributed by atoms with E-state index in [4.69, 9.17) is 9.05 Å². The van der Waals surface area contributed by atoms with Crippen LogP contribution in [0, 0.1) is 0 Å². The summed E-state index contributed by atoms with van der Waals surface area (Å²) < 4.78 is 23.5. The third-order valence-corrected chi connectivity index (χ3v) is 7.11. The second-order valence-electron chi connectivity index (χ2n) is 6.83. The van der Waals surface area contributed by atoms with Crippen molar-refractivity contribution in [2.24, 2.45) is 0 Å². The van der Waals surface area contributed by atoms with Crippen molar-refractivity contribution in [1.29, 1.82) is 0 Å². The van der Waals surface area contributed by atoms with Gasteiger partial charge in [0.1, 0.15) is 0 Å². The molecule has 1 aliphatic heterocycles. The van der Waals surface area contributed by atoms with Crippen LogP contribution in [0.4, 0.5) is 0 Å².